The van der Waals surface area contributed by atoms with Gasteiger partial charge in [0, 0.05) is 6.04 Å². The van der Waals surface area contributed by atoms with E-state index in [9.17, 15) is 4.79 Å². The average Bonchev–Trinajstić information content (AvgIpc) is 2.37. The van der Waals surface area contributed by atoms with Crippen LogP contribution in [0.4, 0.5) is 5.69 Å². The number of hydrogen-bond donors (Lipinski definition) is 4. The summed E-state index contributed by atoms with van der Waals surface area (Å²) < 4.78 is 0. The number of amides is 1. The average molecular weight is 276 g/mol. The minimum Gasteiger partial charge on any atom is -0.370 e. The summed E-state index contributed by atoms with van der Waals surface area (Å²) in [6, 6.07) is 6.91. The molecule has 0 saturated carbocycles. The molecule has 108 valence electrons. The van der Waals surface area contributed by atoms with Gasteiger partial charge in [-0.05, 0) is 25.5 Å². The smallest absolute Gasteiger partial charge is 0.253 e. The van der Waals surface area contributed by atoms with Crippen LogP contribution in [-0.4, -0.2) is 23.9 Å². The largest absolute Gasteiger partial charge is 0.370 e. The van der Waals surface area contributed by atoms with E-state index in [0.717, 1.165) is 6.42 Å². The summed E-state index contributed by atoms with van der Waals surface area (Å²) in [4.78, 5) is 19.8. The number of carbonyl (C=O) groups excluding carboxylic acids is 1. The van der Waals surface area contributed by atoms with E-state index in [1.807, 2.05) is 13.8 Å². The first-order valence-corrected chi connectivity index (χ1v) is 6.27. The first-order chi connectivity index (χ1) is 9.43. The third-order valence-electron chi connectivity index (χ3n) is 2.62. The maximum Gasteiger partial charge on any atom is 0.253 e. The Morgan fingerprint density at radius 1 is 1.30 bits per heavy atom. The molecule has 0 saturated heterocycles. The Labute approximate surface area is 118 Å². The van der Waals surface area contributed by atoms with Gasteiger partial charge in [-0.15, -0.1) is 0 Å². The van der Waals surface area contributed by atoms with Crippen molar-refractivity contribution in [2.24, 2.45) is 27.2 Å². The molecule has 0 aliphatic rings. The molecule has 7 nitrogen and oxygen atoms in total. The highest BCUT2D eigenvalue weighted by molar-refractivity contribution is 6.01. The second-order valence-electron chi connectivity index (χ2n) is 4.31. The molecule has 0 bridgehead atoms. The van der Waals surface area contributed by atoms with Crippen LogP contribution in [-0.2, 0) is 0 Å². The van der Waals surface area contributed by atoms with Crippen LogP contribution >= 0.6 is 0 Å². The summed E-state index contributed by atoms with van der Waals surface area (Å²) in [5, 5.41) is 2.87. The Hall–Kier alpha value is -2.57. The van der Waals surface area contributed by atoms with Crippen molar-refractivity contribution >= 4 is 23.5 Å². The van der Waals surface area contributed by atoms with E-state index in [1.54, 1.807) is 24.3 Å². The van der Waals surface area contributed by atoms with Crippen molar-refractivity contribution in [3.63, 3.8) is 0 Å². The van der Waals surface area contributed by atoms with E-state index in [4.69, 9.17) is 17.2 Å². The molecule has 1 unspecified atom stereocenters. The van der Waals surface area contributed by atoms with Gasteiger partial charge in [0.15, 0.2) is 5.96 Å². The zero-order chi connectivity index (χ0) is 15.1. The number of para-hydroxylation sites is 1. The van der Waals surface area contributed by atoms with Crippen LogP contribution in [0.15, 0.2) is 34.3 Å². The van der Waals surface area contributed by atoms with E-state index in [0.29, 0.717) is 11.3 Å². The third kappa shape index (κ3) is 4.60. The molecule has 0 aliphatic carbocycles. The molecule has 1 amide bonds. The van der Waals surface area contributed by atoms with Gasteiger partial charge in [0.2, 0.25) is 5.96 Å². The number of benzene rings is 1. The lowest BCUT2D eigenvalue weighted by atomic mass is 10.1. The van der Waals surface area contributed by atoms with Crippen LogP contribution in [0.2, 0.25) is 0 Å². The predicted molar refractivity (Wildman–Crippen MR) is 80.8 cm³/mol. The molecule has 0 radical (unpaired) electrons. The van der Waals surface area contributed by atoms with Gasteiger partial charge in [0.05, 0.1) is 11.3 Å². The molecule has 1 rings (SSSR count). The summed E-state index contributed by atoms with van der Waals surface area (Å²) in [6.45, 7) is 3.92. The fourth-order valence-electron chi connectivity index (χ4n) is 1.45. The molecule has 7 N–H and O–H groups in total. The molecule has 1 aromatic carbocycles. The maximum absolute atomic E-state index is 12.1. The summed E-state index contributed by atoms with van der Waals surface area (Å²) in [6.07, 6.45) is 0.841. The van der Waals surface area contributed by atoms with Crippen molar-refractivity contribution in [2.45, 2.75) is 26.3 Å². The van der Waals surface area contributed by atoms with Gasteiger partial charge in [0.1, 0.15) is 0 Å². The Bertz CT molecular complexity index is 533. The molecule has 0 fully saturated rings. The van der Waals surface area contributed by atoms with Crippen LogP contribution in [0.1, 0.15) is 30.6 Å². The van der Waals surface area contributed by atoms with Gasteiger partial charge in [-0.3, -0.25) is 4.79 Å². The second kappa shape index (κ2) is 7.13. The Morgan fingerprint density at radius 3 is 2.55 bits per heavy atom. The highest BCUT2D eigenvalue weighted by atomic mass is 16.1. The van der Waals surface area contributed by atoms with Crippen LogP contribution in [0.3, 0.4) is 0 Å². The standard InChI is InChI=1S/C13H20N6O/c1-3-8(2)17-11(20)9-6-4-5-7-10(9)18-13(16)19-12(14)15/h4-8H,3H2,1-2H3,(H,17,20)(H6,14,15,16,18,19). The Morgan fingerprint density at radius 2 is 1.95 bits per heavy atom. The molecule has 1 aromatic rings. The van der Waals surface area contributed by atoms with E-state index in [1.165, 1.54) is 0 Å². The fraction of sp³-hybridized carbons (Fsp3) is 0.308. The lowest BCUT2D eigenvalue weighted by Crippen LogP contribution is -2.32. The van der Waals surface area contributed by atoms with E-state index >= 15 is 0 Å². The van der Waals surface area contributed by atoms with Crippen molar-refractivity contribution in [3.05, 3.63) is 29.8 Å². The first kappa shape index (κ1) is 15.5. The third-order valence-corrected chi connectivity index (χ3v) is 2.62. The Balaban J connectivity index is 3.05. The quantitative estimate of drug-likeness (QED) is 0.469. The summed E-state index contributed by atoms with van der Waals surface area (Å²) >= 11 is 0. The number of nitrogens with one attached hydrogen (secondary N) is 1. The topological polar surface area (TPSA) is 132 Å². The van der Waals surface area contributed by atoms with Crippen molar-refractivity contribution in [1.82, 2.24) is 5.32 Å². The number of guanidine groups is 2. The molecule has 0 heterocycles. The summed E-state index contributed by atoms with van der Waals surface area (Å²) in [5.74, 6) is -0.502. The predicted octanol–water partition coefficient (Wildman–Crippen LogP) is 0.435. The summed E-state index contributed by atoms with van der Waals surface area (Å²) in [7, 11) is 0. The van der Waals surface area contributed by atoms with Crippen LogP contribution < -0.4 is 22.5 Å². The molecule has 20 heavy (non-hydrogen) atoms. The monoisotopic (exact) mass is 276 g/mol. The molecule has 0 aliphatic heterocycles. The van der Waals surface area contributed by atoms with E-state index in [2.05, 4.69) is 15.3 Å². The van der Waals surface area contributed by atoms with Gasteiger partial charge >= 0.3 is 0 Å². The molecule has 1 atom stereocenters. The lowest BCUT2D eigenvalue weighted by molar-refractivity contribution is 0.0940. The highest BCUT2D eigenvalue weighted by Crippen LogP contribution is 2.18. The number of nitrogens with zero attached hydrogens (tertiary/aromatic N) is 2. The fourth-order valence-corrected chi connectivity index (χ4v) is 1.45. The van der Waals surface area contributed by atoms with Crippen molar-refractivity contribution in [3.8, 4) is 0 Å². The van der Waals surface area contributed by atoms with Gasteiger partial charge < -0.3 is 22.5 Å². The Kier molecular flexibility index (Phi) is 5.52. The first-order valence-electron chi connectivity index (χ1n) is 6.27. The number of rotatable bonds is 4. The summed E-state index contributed by atoms with van der Waals surface area (Å²) in [5.41, 5.74) is 16.8. The zero-order valence-corrected chi connectivity index (χ0v) is 11.6. The van der Waals surface area contributed by atoms with Gasteiger partial charge in [-0.25, -0.2) is 4.99 Å². The maximum atomic E-state index is 12.1. The van der Waals surface area contributed by atoms with Gasteiger partial charge in [-0.2, -0.15) is 4.99 Å². The second-order valence-corrected chi connectivity index (χ2v) is 4.31. The van der Waals surface area contributed by atoms with E-state index in [-0.39, 0.29) is 23.9 Å². The van der Waals surface area contributed by atoms with Crippen molar-refractivity contribution in [2.75, 3.05) is 0 Å². The highest BCUT2D eigenvalue weighted by Gasteiger charge is 2.12. The van der Waals surface area contributed by atoms with Crippen LogP contribution in [0.5, 0.6) is 0 Å². The molecular formula is C13H20N6O. The minimum atomic E-state index is -0.212. The number of aliphatic imine (C=N–C) groups is 2. The van der Waals surface area contributed by atoms with Crippen molar-refractivity contribution in [1.29, 1.82) is 0 Å². The SMILES string of the molecule is CCC(C)NC(=O)c1ccccc1N=C(N)N=C(N)N. The molecule has 0 spiro atoms. The van der Waals surface area contributed by atoms with Crippen molar-refractivity contribution < 1.29 is 4.79 Å². The number of nitrogens with two attached hydrogens (primary N) is 3. The number of hydrogen-bond acceptors (Lipinski definition) is 2. The molecule has 0 aromatic heterocycles. The molecular weight excluding hydrogens is 256 g/mol. The minimum absolute atomic E-state index is 0.0783. The zero-order valence-electron chi connectivity index (χ0n) is 11.6. The van der Waals surface area contributed by atoms with Gasteiger partial charge in [0.25, 0.3) is 5.91 Å². The van der Waals surface area contributed by atoms with Crippen LogP contribution in [0.25, 0.3) is 0 Å². The van der Waals surface area contributed by atoms with Gasteiger partial charge in [-0.1, -0.05) is 19.1 Å². The van der Waals surface area contributed by atoms with Crippen LogP contribution in [0, 0.1) is 0 Å². The number of carbonyl (C=O) groups is 1. The lowest BCUT2D eigenvalue weighted by Gasteiger charge is -2.12. The van der Waals surface area contributed by atoms with E-state index < -0.39 is 0 Å². The normalized spacial score (nSPS) is 12.6. The molecule has 7 heteroatoms.